The number of aryl methyl sites for hydroxylation is 1. The van der Waals surface area contributed by atoms with Crippen LogP contribution in [0.4, 0.5) is 0 Å². The Kier molecular flexibility index (Phi) is 6.12. The summed E-state index contributed by atoms with van der Waals surface area (Å²) in [6.07, 6.45) is -0.0896. The first-order chi connectivity index (χ1) is 8.54. The lowest BCUT2D eigenvalue weighted by Crippen LogP contribution is -2.28. The highest BCUT2D eigenvalue weighted by atomic mass is 35.5. The maximum Gasteiger partial charge on any atom is 0.251 e. The molecule has 0 aromatic heterocycles. The molecule has 2 N–H and O–H groups in total. The highest BCUT2D eigenvalue weighted by Crippen LogP contribution is 2.14. The monoisotopic (exact) mass is 271 g/mol. The topological polar surface area (TPSA) is 58.6 Å². The van der Waals surface area contributed by atoms with Crippen molar-refractivity contribution in [1.29, 1.82) is 0 Å². The molecule has 0 aliphatic rings. The number of carbonyl (C=O) groups is 1. The molecule has 0 bridgehead atoms. The van der Waals surface area contributed by atoms with E-state index in [0.29, 0.717) is 23.6 Å². The van der Waals surface area contributed by atoms with E-state index in [9.17, 15) is 9.90 Å². The number of nitrogens with one attached hydrogen (secondary N) is 1. The number of aliphatic hydroxyl groups is 1. The van der Waals surface area contributed by atoms with E-state index in [4.69, 9.17) is 16.3 Å². The second kappa shape index (κ2) is 7.36. The summed E-state index contributed by atoms with van der Waals surface area (Å²) in [5, 5.41) is 12.8. The third kappa shape index (κ3) is 4.64. The summed E-state index contributed by atoms with van der Waals surface area (Å²) < 4.78 is 4.80. The van der Waals surface area contributed by atoms with Gasteiger partial charge in [-0.15, -0.1) is 0 Å². The third-order valence-electron chi connectivity index (χ3n) is 2.56. The van der Waals surface area contributed by atoms with Crippen LogP contribution in [0.3, 0.4) is 0 Å². The number of hydrogen-bond acceptors (Lipinski definition) is 3. The molecular weight excluding hydrogens is 254 g/mol. The predicted octanol–water partition coefficient (Wildman–Crippen LogP) is 1.78. The van der Waals surface area contributed by atoms with Crippen molar-refractivity contribution in [3.8, 4) is 0 Å². The molecule has 0 aliphatic heterocycles. The first-order valence-corrected chi connectivity index (χ1v) is 6.13. The van der Waals surface area contributed by atoms with Crippen LogP contribution in [0.5, 0.6) is 0 Å². The molecule has 100 valence electrons. The van der Waals surface area contributed by atoms with E-state index in [0.717, 1.165) is 5.56 Å². The summed E-state index contributed by atoms with van der Waals surface area (Å²) in [6, 6.07) is 5.12. The van der Waals surface area contributed by atoms with Crippen LogP contribution in [0.15, 0.2) is 18.2 Å². The molecule has 1 amide bonds. The Hall–Kier alpha value is -1.10. The largest absolute Gasteiger partial charge is 0.391 e. The van der Waals surface area contributed by atoms with Crippen molar-refractivity contribution >= 4 is 17.5 Å². The van der Waals surface area contributed by atoms with Gasteiger partial charge in [0.1, 0.15) is 0 Å². The van der Waals surface area contributed by atoms with Gasteiger partial charge in [-0.3, -0.25) is 4.79 Å². The average molecular weight is 272 g/mol. The van der Waals surface area contributed by atoms with E-state index < -0.39 is 6.10 Å². The van der Waals surface area contributed by atoms with Gasteiger partial charge in [0.05, 0.1) is 12.7 Å². The molecule has 1 aromatic rings. The highest BCUT2D eigenvalue weighted by molar-refractivity contribution is 6.30. The lowest BCUT2D eigenvalue weighted by Gasteiger charge is -2.11. The molecule has 0 heterocycles. The smallest absolute Gasteiger partial charge is 0.251 e. The van der Waals surface area contributed by atoms with E-state index in [2.05, 4.69) is 5.32 Å². The zero-order valence-corrected chi connectivity index (χ0v) is 11.3. The van der Waals surface area contributed by atoms with Crippen molar-refractivity contribution in [2.75, 3.05) is 20.3 Å². The number of methoxy groups -OCH3 is 1. The molecular formula is C13H18ClNO3. The first kappa shape index (κ1) is 15.0. The summed E-state index contributed by atoms with van der Waals surface area (Å²) in [4.78, 5) is 11.8. The molecule has 0 spiro atoms. The number of ether oxygens (including phenoxy) is 1. The van der Waals surface area contributed by atoms with E-state index in [-0.39, 0.29) is 12.5 Å². The van der Waals surface area contributed by atoms with Crippen LogP contribution in [0, 0.1) is 6.92 Å². The fourth-order valence-corrected chi connectivity index (χ4v) is 1.83. The number of amides is 1. The number of rotatable bonds is 6. The van der Waals surface area contributed by atoms with E-state index in [1.807, 2.05) is 6.92 Å². The second-order valence-electron chi connectivity index (χ2n) is 4.11. The van der Waals surface area contributed by atoms with Crippen LogP contribution in [-0.4, -0.2) is 37.4 Å². The molecule has 1 unspecified atom stereocenters. The molecule has 1 rings (SSSR count). The molecule has 1 aromatic carbocycles. The van der Waals surface area contributed by atoms with Gasteiger partial charge < -0.3 is 15.2 Å². The zero-order chi connectivity index (χ0) is 13.5. The van der Waals surface area contributed by atoms with Crippen molar-refractivity contribution in [2.45, 2.75) is 19.4 Å². The molecule has 5 heteroatoms. The van der Waals surface area contributed by atoms with Gasteiger partial charge in [-0.25, -0.2) is 0 Å². The number of halogens is 1. The van der Waals surface area contributed by atoms with E-state index in [1.165, 1.54) is 7.11 Å². The fraction of sp³-hybridized carbons (Fsp3) is 0.462. The molecule has 18 heavy (non-hydrogen) atoms. The van der Waals surface area contributed by atoms with Crippen LogP contribution < -0.4 is 5.32 Å². The Morgan fingerprint density at radius 1 is 1.56 bits per heavy atom. The SMILES string of the molecule is COCC(O)CCNC(=O)c1ccc(Cl)cc1C. The predicted molar refractivity (Wildman–Crippen MR) is 71.0 cm³/mol. The Bertz CT molecular complexity index is 409. The normalized spacial score (nSPS) is 12.2. The number of hydrogen-bond donors (Lipinski definition) is 2. The number of carbonyl (C=O) groups excluding carboxylic acids is 1. The molecule has 1 atom stereocenters. The van der Waals surface area contributed by atoms with Gasteiger partial charge >= 0.3 is 0 Å². The standard InChI is InChI=1S/C13H18ClNO3/c1-9-7-10(14)3-4-12(9)13(17)15-6-5-11(16)8-18-2/h3-4,7,11,16H,5-6,8H2,1-2H3,(H,15,17). The minimum absolute atomic E-state index is 0.159. The van der Waals surface area contributed by atoms with Crippen LogP contribution in [0.25, 0.3) is 0 Å². The van der Waals surface area contributed by atoms with Crippen molar-refractivity contribution in [2.24, 2.45) is 0 Å². The summed E-state index contributed by atoms with van der Waals surface area (Å²) in [5.41, 5.74) is 1.43. The van der Waals surface area contributed by atoms with E-state index >= 15 is 0 Å². The molecule has 0 radical (unpaired) electrons. The van der Waals surface area contributed by atoms with Crippen molar-refractivity contribution < 1.29 is 14.6 Å². The first-order valence-electron chi connectivity index (χ1n) is 5.76. The number of benzene rings is 1. The fourth-order valence-electron chi connectivity index (χ4n) is 1.61. The summed E-state index contributed by atoms with van der Waals surface area (Å²) >= 11 is 5.82. The van der Waals surface area contributed by atoms with Crippen molar-refractivity contribution in [3.63, 3.8) is 0 Å². The van der Waals surface area contributed by atoms with Crippen molar-refractivity contribution in [3.05, 3.63) is 34.3 Å². The Balaban J connectivity index is 2.45. The zero-order valence-electron chi connectivity index (χ0n) is 10.6. The van der Waals surface area contributed by atoms with Crippen LogP contribution in [0.2, 0.25) is 5.02 Å². The van der Waals surface area contributed by atoms with Gasteiger partial charge in [0.15, 0.2) is 0 Å². The van der Waals surface area contributed by atoms with Gasteiger partial charge in [-0.2, -0.15) is 0 Å². The Labute approximate surface area is 112 Å². The third-order valence-corrected chi connectivity index (χ3v) is 2.79. The maximum absolute atomic E-state index is 11.8. The molecule has 0 saturated carbocycles. The molecule has 0 fully saturated rings. The Morgan fingerprint density at radius 3 is 2.89 bits per heavy atom. The summed E-state index contributed by atoms with van der Waals surface area (Å²) in [7, 11) is 1.53. The van der Waals surface area contributed by atoms with Gasteiger partial charge in [-0.1, -0.05) is 11.6 Å². The van der Waals surface area contributed by atoms with E-state index in [1.54, 1.807) is 18.2 Å². The maximum atomic E-state index is 11.8. The lowest BCUT2D eigenvalue weighted by molar-refractivity contribution is 0.0587. The molecule has 4 nitrogen and oxygen atoms in total. The van der Waals surface area contributed by atoms with Gasteiger partial charge in [0, 0.05) is 24.2 Å². The van der Waals surface area contributed by atoms with Crippen LogP contribution >= 0.6 is 11.6 Å². The molecule has 0 aliphatic carbocycles. The van der Waals surface area contributed by atoms with Crippen molar-refractivity contribution in [1.82, 2.24) is 5.32 Å². The van der Waals surface area contributed by atoms with Gasteiger partial charge in [0.2, 0.25) is 0 Å². The lowest BCUT2D eigenvalue weighted by atomic mass is 10.1. The second-order valence-corrected chi connectivity index (χ2v) is 4.55. The van der Waals surface area contributed by atoms with Crippen LogP contribution in [0.1, 0.15) is 22.3 Å². The summed E-state index contributed by atoms with van der Waals surface area (Å²) in [5.74, 6) is -0.159. The quantitative estimate of drug-likeness (QED) is 0.829. The average Bonchev–Trinajstić information content (AvgIpc) is 2.29. The summed E-state index contributed by atoms with van der Waals surface area (Å²) in [6.45, 7) is 2.52. The van der Waals surface area contributed by atoms with Crippen LogP contribution in [-0.2, 0) is 4.74 Å². The number of aliphatic hydroxyl groups excluding tert-OH is 1. The minimum atomic E-state index is -0.554. The Morgan fingerprint density at radius 2 is 2.28 bits per heavy atom. The van der Waals surface area contributed by atoms with Gasteiger partial charge in [-0.05, 0) is 37.1 Å². The van der Waals surface area contributed by atoms with Gasteiger partial charge in [0.25, 0.3) is 5.91 Å². The highest BCUT2D eigenvalue weighted by Gasteiger charge is 2.09. The minimum Gasteiger partial charge on any atom is -0.391 e. The molecule has 0 saturated heterocycles.